The van der Waals surface area contributed by atoms with Crippen LogP contribution in [0.4, 0.5) is 16.0 Å². The molecule has 40 heavy (non-hydrogen) atoms. The van der Waals surface area contributed by atoms with Crippen LogP contribution in [0.3, 0.4) is 0 Å². The summed E-state index contributed by atoms with van der Waals surface area (Å²) in [6.07, 6.45) is 0. The lowest BCUT2D eigenvalue weighted by molar-refractivity contribution is -0.119. The Morgan fingerprint density at radius 2 is 1.73 bits per heavy atom. The number of benzene rings is 3. The van der Waals surface area contributed by atoms with E-state index in [1.165, 1.54) is 39.2 Å². The quantitative estimate of drug-likeness (QED) is 0.258. The van der Waals surface area contributed by atoms with Crippen molar-refractivity contribution in [3.63, 3.8) is 0 Å². The Kier molecular flexibility index (Phi) is 7.92. The Bertz CT molecular complexity index is 1520. The molecule has 206 valence electrons. The molecule has 0 unspecified atom stereocenters. The lowest BCUT2D eigenvalue weighted by Crippen LogP contribution is -2.39. The molecule has 1 aliphatic rings. The van der Waals surface area contributed by atoms with Gasteiger partial charge in [-0.1, -0.05) is 54.7 Å². The first-order chi connectivity index (χ1) is 19.4. The van der Waals surface area contributed by atoms with Gasteiger partial charge in [-0.15, -0.1) is 5.10 Å². The number of carbonyl (C=O) groups is 1. The van der Waals surface area contributed by atoms with E-state index in [0.717, 1.165) is 0 Å². The van der Waals surface area contributed by atoms with E-state index in [-0.39, 0.29) is 11.7 Å². The molecule has 11 heteroatoms. The SMILES string of the molecule is C=C1Nc2nc(SCc3ccccc3F)nn2[C@H](c2cc(OC)c(OC)c(OC)c2)[C@H]1C(=O)Nc1ccccc1. The molecular weight excluding hydrogens is 533 g/mol. The molecule has 9 nitrogen and oxygen atoms in total. The summed E-state index contributed by atoms with van der Waals surface area (Å²) < 4.78 is 32.6. The second-order valence-electron chi connectivity index (χ2n) is 8.93. The summed E-state index contributed by atoms with van der Waals surface area (Å²) in [6, 6.07) is 18.6. The van der Waals surface area contributed by atoms with Crippen LogP contribution in [-0.4, -0.2) is 42.0 Å². The van der Waals surface area contributed by atoms with Crippen LogP contribution in [0.2, 0.25) is 0 Å². The van der Waals surface area contributed by atoms with Gasteiger partial charge in [-0.2, -0.15) is 4.98 Å². The molecule has 2 heterocycles. The zero-order chi connectivity index (χ0) is 28.2. The van der Waals surface area contributed by atoms with Gasteiger partial charge in [-0.25, -0.2) is 9.07 Å². The number of methoxy groups -OCH3 is 3. The van der Waals surface area contributed by atoms with Gasteiger partial charge >= 0.3 is 0 Å². The zero-order valence-electron chi connectivity index (χ0n) is 22.2. The molecule has 0 radical (unpaired) electrons. The van der Waals surface area contributed by atoms with Gasteiger partial charge in [0.25, 0.3) is 0 Å². The van der Waals surface area contributed by atoms with Crippen LogP contribution < -0.4 is 24.8 Å². The van der Waals surface area contributed by atoms with E-state index in [4.69, 9.17) is 19.3 Å². The van der Waals surface area contributed by atoms with Gasteiger partial charge in [0.15, 0.2) is 11.5 Å². The molecule has 5 rings (SSSR count). The molecule has 1 aromatic heterocycles. The van der Waals surface area contributed by atoms with E-state index in [0.29, 0.717) is 56.6 Å². The molecule has 0 saturated carbocycles. The van der Waals surface area contributed by atoms with Crippen molar-refractivity contribution in [2.45, 2.75) is 17.0 Å². The molecule has 4 aromatic rings. The summed E-state index contributed by atoms with van der Waals surface area (Å²) in [5.74, 6) is 0.654. The predicted octanol–water partition coefficient (Wildman–Crippen LogP) is 5.52. The fourth-order valence-electron chi connectivity index (χ4n) is 4.60. The van der Waals surface area contributed by atoms with E-state index in [1.807, 2.05) is 30.3 Å². The van der Waals surface area contributed by atoms with Crippen LogP contribution in [0, 0.1) is 11.7 Å². The molecule has 3 aromatic carbocycles. The van der Waals surface area contributed by atoms with E-state index < -0.39 is 12.0 Å². The number of halogens is 1. The summed E-state index contributed by atoms with van der Waals surface area (Å²) in [4.78, 5) is 18.4. The maximum Gasteiger partial charge on any atom is 0.235 e. The number of para-hydroxylation sites is 1. The molecule has 2 N–H and O–H groups in total. The summed E-state index contributed by atoms with van der Waals surface area (Å²) in [6.45, 7) is 4.17. The predicted molar refractivity (Wildman–Crippen MR) is 152 cm³/mol. The van der Waals surface area contributed by atoms with Crippen molar-refractivity contribution in [2.24, 2.45) is 5.92 Å². The number of amides is 1. The Morgan fingerprint density at radius 1 is 1.05 bits per heavy atom. The topological polar surface area (TPSA) is 99.5 Å². The van der Waals surface area contributed by atoms with Gasteiger partial charge < -0.3 is 24.8 Å². The van der Waals surface area contributed by atoms with E-state index in [9.17, 15) is 9.18 Å². The molecule has 1 amide bonds. The van der Waals surface area contributed by atoms with Crippen LogP contribution in [-0.2, 0) is 10.5 Å². The number of hydrogen-bond donors (Lipinski definition) is 2. The first kappa shape index (κ1) is 27.1. The minimum atomic E-state index is -0.790. The third-order valence-corrected chi connectivity index (χ3v) is 7.39. The number of nitrogens with zero attached hydrogens (tertiary/aromatic N) is 3. The lowest BCUT2D eigenvalue weighted by atomic mass is 9.88. The minimum Gasteiger partial charge on any atom is -0.493 e. The lowest BCUT2D eigenvalue weighted by Gasteiger charge is -2.34. The van der Waals surface area contributed by atoms with Crippen LogP contribution in [0.1, 0.15) is 17.2 Å². The maximum absolute atomic E-state index is 14.2. The van der Waals surface area contributed by atoms with Crippen LogP contribution in [0.5, 0.6) is 17.2 Å². The molecular formula is C29H28FN5O4S. The smallest absolute Gasteiger partial charge is 0.235 e. The molecule has 2 atom stereocenters. The van der Waals surface area contributed by atoms with Crippen molar-refractivity contribution in [3.8, 4) is 17.2 Å². The number of aromatic nitrogens is 3. The largest absolute Gasteiger partial charge is 0.493 e. The summed E-state index contributed by atoms with van der Waals surface area (Å²) in [7, 11) is 4.58. The number of carbonyl (C=O) groups excluding carboxylic acids is 1. The van der Waals surface area contributed by atoms with E-state index >= 15 is 0 Å². The second-order valence-corrected chi connectivity index (χ2v) is 9.87. The van der Waals surface area contributed by atoms with E-state index in [1.54, 1.807) is 35.0 Å². The number of rotatable bonds is 9. The Balaban J connectivity index is 1.57. The van der Waals surface area contributed by atoms with Crippen molar-refractivity contribution in [1.82, 2.24) is 14.8 Å². The van der Waals surface area contributed by atoms with Gasteiger partial charge in [0.05, 0.1) is 27.4 Å². The third kappa shape index (κ3) is 5.32. The average Bonchev–Trinajstić information content (AvgIpc) is 3.37. The number of anilines is 2. The number of hydrogen-bond acceptors (Lipinski definition) is 8. The van der Waals surface area contributed by atoms with Crippen LogP contribution in [0.15, 0.2) is 84.2 Å². The second kappa shape index (κ2) is 11.7. The first-order valence-corrected chi connectivity index (χ1v) is 13.4. The van der Waals surface area contributed by atoms with Crippen molar-refractivity contribution >= 4 is 29.3 Å². The van der Waals surface area contributed by atoms with Gasteiger partial charge in [0.1, 0.15) is 11.7 Å². The Hall–Kier alpha value is -4.51. The number of thioether (sulfide) groups is 1. The van der Waals surface area contributed by atoms with Crippen molar-refractivity contribution < 1.29 is 23.4 Å². The van der Waals surface area contributed by atoms with Gasteiger partial charge in [0, 0.05) is 17.1 Å². The highest BCUT2D eigenvalue weighted by Crippen LogP contribution is 2.45. The monoisotopic (exact) mass is 561 g/mol. The van der Waals surface area contributed by atoms with Crippen LogP contribution in [0.25, 0.3) is 0 Å². The summed E-state index contributed by atoms with van der Waals surface area (Å²) in [5.41, 5.74) is 2.30. The highest BCUT2D eigenvalue weighted by atomic mass is 32.2. The van der Waals surface area contributed by atoms with Gasteiger partial charge in [-0.05, 0) is 41.5 Å². The molecule has 0 fully saturated rings. The van der Waals surface area contributed by atoms with Gasteiger partial charge in [-0.3, -0.25) is 4.79 Å². The van der Waals surface area contributed by atoms with Crippen molar-refractivity contribution in [3.05, 3.63) is 96.0 Å². The first-order valence-electron chi connectivity index (χ1n) is 12.4. The fraction of sp³-hybridized carbons (Fsp3) is 0.207. The molecule has 1 aliphatic heterocycles. The zero-order valence-corrected chi connectivity index (χ0v) is 23.0. The minimum absolute atomic E-state index is 0.288. The molecule has 0 spiro atoms. The maximum atomic E-state index is 14.2. The fourth-order valence-corrected chi connectivity index (χ4v) is 5.42. The number of fused-ring (bicyclic) bond motifs is 1. The molecule has 0 aliphatic carbocycles. The number of nitrogens with one attached hydrogen (secondary N) is 2. The third-order valence-electron chi connectivity index (χ3n) is 6.51. The summed E-state index contributed by atoms with van der Waals surface area (Å²) in [5, 5.41) is 11.3. The van der Waals surface area contributed by atoms with Crippen molar-refractivity contribution in [2.75, 3.05) is 32.0 Å². The van der Waals surface area contributed by atoms with Crippen LogP contribution >= 0.6 is 11.8 Å². The highest BCUT2D eigenvalue weighted by Gasteiger charge is 2.41. The molecule has 0 bridgehead atoms. The average molecular weight is 562 g/mol. The summed E-state index contributed by atoms with van der Waals surface area (Å²) >= 11 is 1.29. The van der Waals surface area contributed by atoms with Crippen molar-refractivity contribution in [1.29, 1.82) is 0 Å². The Labute approximate surface area is 235 Å². The normalized spacial score (nSPS) is 16.1. The molecule has 0 saturated heterocycles. The number of ether oxygens (including phenoxy) is 3. The Morgan fingerprint density at radius 3 is 2.38 bits per heavy atom. The standard InChI is InChI=1S/C29H28FN5O4S/c1-17-24(27(36)32-20-11-6-5-7-12-20)25(19-14-22(37-2)26(39-4)23(15-19)38-3)35-28(31-17)33-29(34-35)40-16-18-10-8-9-13-21(18)30/h5-15,24-25H,1,16H2,2-4H3,(H,32,36)(H,31,33,34)/t24-,25+/m0/s1. The van der Waals surface area contributed by atoms with Gasteiger partial charge in [0.2, 0.25) is 22.8 Å². The highest BCUT2D eigenvalue weighted by molar-refractivity contribution is 7.98. The van der Waals surface area contributed by atoms with E-state index in [2.05, 4.69) is 22.2 Å².